The first kappa shape index (κ1) is 27.1. The van der Waals surface area contributed by atoms with E-state index >= 15 is 0 Å². The second-order valence-electron chi connectivity index (χ2n) is 11.5. The van der Waals surface area contributed by atoms with Crippen molar-refractivity contribution < 1.29 is 14.4 Å². The highest BCUT2D eigenvalue weighted by Crippen LogP contribution is 2.43. The van der Waals surface area contributed by atoms with Crippen LogP contribution in [0.25, 0.3) is 5.65 Å². The van der Waals surface area contributed by atoms with E-state index < -0.39 is 0 Å². The van der Waals surface area contributed by atoms with E-state index in [1.807, 2.05) is 24.8 Å². The third-order valence-corrected chi connectivity index (χ3v) is 8.94. The Bertz CT molecular complexity index is 1140. The molecule has 4 rings (SSSR count). The van der Waals surface area contributed by atoms with E-state index in [2.05, 4.69) is 31.1 Å². The highest BCUT2D eigenvalue weighted by molar-refractivity contribution is 5.96. The summed E-state index contributed by atoms with van der Waals surface area (Å²) in [5, 5.41) is 3.15. The Kier molecular flexibility index (Phi) is 8.24. The number of aromatic nitrogens is 2. The van der Waals surface area contributed by atoms with Crippen molar-refractivity contribution in [3.8, 4) is 0 Å². The zero-order valence-corrected chi connectivity index (χ0v) is 23.1. The Morgan fingerprint density at radius 3 is 2.62 bits per heavy atom. The van der Waals surface area contributed by atoms with Gasteiger partial charge in [-0.2, -0.15) is 0 Å². The lowest BCUT2D eigenvalue weighted by Gasteiger charge is -2.42. The molecule has 3 amide bonds. The molecule has 2 aromatic heterocycles. The monoisotopic (exact) mass is 509 g/mol. The van der Waals surface area contributed by atoms with Crippen molar-refractivity contribution in [3.05, 3.63) is 35.8 Å². The van der Waals surface area contributed by atoms with E-state index in [-0.39, 0.29) is 29.1 Å². The summed E-state index contributed by atoms with van der Waals surface area (Å²) in [4.78, 5) is 47.6. The van der Waals surface area contributed by atoms with Gasteiger partial charge in [0.25, 0.3) is 11.8 Å². The van der Waals surface area contributed by atoms with Crippen LogP contribution in [-0.2, 0) is 4.79 Å². The van der Waals surface area contributed by atoms with Gasteiger partial charge in [0.1, 0.15) is 17.0 Å². The smallest absolute Gasteiger partial charge is 0.274 e. The second kappa shape index (κ2) is 11.2. The topological polar surface area (TPSA) is 87.0 Å². The third kappa shape index (κ3) is 5.68. The molecule has 1 aliphatic carbocycles. The van der Waals surface area contributed by atoms with Crippen LogP contribution in [0.4, 0.5) is 0 Å². The SMILES string of the molecule is CCN(CC)C(=O)C1CCCN(C(=O)c2cn3c(C(=O)NCC4CCCC(C)(C)C4C)cccc3n2)C1. The maximum absolute atomic E-state index is 13.4. The Balaban J connectivity index is 1.46. The molecule has 0 radical (unpaired) electrons. The Hall–Kier alpha value is -2.90. The van der Waals surface area contributed by atoms with Gasteiger partial charge in [-0.05, 0) is 68.9 Å². The highest BCUT2D eigenvalue weighted by atomic mass is 16.2. The minimum absolute atomic E-state index is 0.118. The lowest BCUT2D eigenvalue weighted by Crippen LogP contribution is -2.46. The first-order chi connectivity index (χ1) is 17.7. The largest absolute Gasteiger partial charge is 0.350 e. The van der Waals surface area contributed by atoms with Crippen molar-refractivity contribution in [3.63, 3.8) is 0 Å². The number of rotatable bonds is 7. The summed E-state index contributed by atoms with van der Waals surface area (Å²) in [6.07, 6.45) is 6.80. The van der Waals surface area contributed by atoms with E-state index in [9.17, 15) is 14.4 Å². The molecular formula is C29H43N5O3. The summed E-state index contributed by atoms with van der Waals surface area (Å²) in [6.45, 7) is 13.9. The number of carbonyl (C=O) groups excluding carboxylic acids is 3. The molecule has 2 aromatic rings. The normalized spacial score (nSPS) is 23.6. The van der Waals surface area contributed by atoms with E-state index in [0.29, 0.717) is 61.6 Å². The molecule has 3 atom stereocenters. The van der Waals surface area contributed by atoms with Crippen LogP contribution in [0.5, 0.6) is 0 Å². The van der Waals surface area contributed by atoms with Crippen molar-refractivity contribution in [1.82, 2.24) is 24.5 Å². The van der Waals surface area contributed by atoms with Gasteiger partial charge in [0.15, 0.2) is 0 Å². The predicted octanol–water partition coefficient (Wildman–Crippen LogP) is 4.25. The fourth-order valence-electron chi connectivity index (χ4n) is 6.15. The van der Waals surface area contributed by atoms with Gasteiger partial charge in [-0.1, -0.05) is 33.3 Å². The van der Waals surface area contributed by atoms with E-state index in [1.54, 1.807) is 27.6 Å². The first-order valence-electron chi connectivity index (χ1n) is 14.0. The van der Waals surface area contributed by atoms with Gasteiger partial charge >= 0.3 is 0 Å². The van der Waals surface area contributed by atoms with Gasteiger partial charge in [0.05, 0.1) is 5.92 Å². The van der Waals surface area contributed by atoms with Crippen LogP contribution in [0.2, 0.25) is 0 Å². The van der Waals surface area contributed by atoms with Gasteiger partial charge in [-0.15, -0.1) is 0 Å². The van der Waals surface area contributed by atoms with Crippen LogP contribution in [0.3, 0.4) is 0 Å². The molecule has 1 N–H and O–H groups in total. The van der Waals surface area contributed by atoms with Crippen LogP contribution in [0, 0.1) is 23.2 Å². The minimum atomic E-state index is -0.189. The van der Waals surface area contributed by atoms with Gasteiger partial charge in [-0.3, -0.25) is 18.8 Å². The predicted molar refractivity (Wildman–Crippen MR) is 144 cm³/mol. The van der Waals surface area contributed by atoms with Crippen LogP contribution < -0.4 is 5.32 Å². The zero-order valence-electron chi connectivity index (χ0n) is 23.1. The van der Waals surface area contributed by atoms with Crippen molar-refractivity contribution in [2.24, 2.45) is 23.2 Å². The number of pyridine rings is 1. The number of piperidine rings is 1. The summed E-state index contributed by atoms with van der Waals surface area (Å²) in [7, 11) is 0. The number of likely N-dealkylation sites (tertiary alicyclic amines) is 1. The van der Waals surface area contributed by atoms with Crippen LogP contribution in [0.1, 0.15) is 87.7 Å². The number of fused-ring (bicyclic) bond motifs is 1. The molecule has 1 saturated heterocycles. The van der Waals surface area contributed by atoms with Crippen LogP contribution in [-0.4, -0.2) is 69.6 Å². The molecule has 3 heterocycles. The quantitative estimate of drug-likeness (QED) is 0.605. The molecule has 3 unspecified atom stereocenters. The van der Waals surface area contributed by atoms with Gasteiger partial charge in [-0.25, -0.2) is 4.98 Å². The molecule has 202 valence electrons. The number of hydrogen-bond acceptors (Lipinski definition) is 4. The maximum atomic E-state index is 13.4. The molecule has 1 saturated carbocycles. The summed E-state index contributed by atoms with van der Waals surface area (Å²) in [5.41, 5.74) is 1.63. The summed E-state index contributed by atoms with van der Waals surface area (Å²) < 4.78 is 1.71. The van der Waals surface area contributed by atoms with Crippen LogP contribution >= 0.6 is 0 Å². The number of hydrogen-bond donors (Lipinski definition) is 1. The number of imidazole rings is 1. The fourth-order valence-corrected chi connectivity index (χ4v) is 6.15. The molecule has 37 heavy (non-hydrogen) atoms. The average Bonchev–Trinajstić information content (AvgIpc) is 3.34. The van der Waals surface area contributed by atoms with E-state index in [4.69, 9.17) is 0 Å². The standard InChI is InChI=1S/C29H43N5O3/c1-6-32(7-2)27(36)22-12-10-16-33(18-22)28(37)23-19-34-24(13-8-14-25(34)31-23)26(35)30-17-21-11-9-15-29(4,5)20(21)3/h8,13-14,19-22H,6-7,9-12,15-18H2,1-5H3,(H,30,35). The van der Waals surface area contributed by atoms with Gasteiger partial charge < -0.3 is 15.1 Å². The molecule has 0 aromatic carbocycles. The van der Waals surface area contributed by atoms with Gasteiger partial charge in [0, 0.05) is 38.9 Å². The lowest BCUT2D eigenvalue weighted by molar-refractivity contribution is -0.136. The van der Waals surface area contributed by atoms with E-state index in [0.717, 1.165) is 19.3 Å². The second-order valence-corrected chi connectivity index (χ2v) is 11.5. The van der Waals surface area contributed by atoms with Crippen molar-refractivity contribution in [2.75, 3.05) is 32.7 Å². The molecule has 8 heteroatoms. The lowest BCUT2D eigenvalue weighted by atomic mass is 9.64. The molecule has 1 aliphatic heterocycles. The molecule has 0 spiro atoms. The third-order valence-electron chi connectivity index (χ3n) is 8.94. The fraction of sp³-hybridized carbons (Fsp3) is 0.655. The summed E-state index contributed by atoms with van der Waals surface area (Å²) in [5.74, 6) is 0.593. The van der Waals surface area contributed by atoms with E-state index in [1.165, 1.54) is 12.8 Å². The van der Waals surface area contributed by atoms with Gasteiger partial charge in [0.2, 0.25) is 5.91 Å². The van der Waals surface area contributed by atoms with Crippen molar-refractivity contribution in [2.45, 2.75) is 66.7 Å². The zero-order chi connectivity index (χ0) is 26.7. The average molecular weight is 510 g/mol. The molecular weight excluding hydrogens is 466 g/mol. The number of nitrogens with one attached hydrogen (secondary N) is 1. The number of amides is 3. The summed E-state index contributed by atoms with van der Waals surface area (Å²) in [6, 6.07) is 5.38. The first-order valence-corrected chi connectivity index (χ1v) is 14.0. The van der Waals surface area contributed by atoms with Crippen LogP contribution in [0.15, 0.2) is 24.4 Å². The Morgan fingerprint density at radius 1 is 1.14 bits per heavy atom. The molecule has 0 bridgehead atoms. The summed E-state index contributed by atoms with van der Waals surface area (Å²) >= 11 is 0. The Morgan fingerprint density at radius 2 is 1.89 bits per heavy atom. The molecule has 2 fully saturated rings. The number of nitrogens with zero attached hydrogens (tertiary/aromatic N) is 4. The maximum Gasteiger partial charge on any atom is 0.274 e. The molecule has 8 nitrogen and oxygen atoms in total. The van der Waals surface area contributed by atoms with Crippen molar-refractivity contribution >= 4 is 23.4 Å². The highest BCUT2D eigenvalue weighted by Gasteiger charge is 2.36. The van der Waals surface area contributed by atoms with Crippen molar-refractivity contribution in [1.29, 1.82) is 0 Å². The molecule has 2 aliphatic rings. The minimum Gasteiger partial charge on any atom is -0.350 e. The Labute approximate surface area is 220 Å². The number of carbonyl (C=O) groups is 3.